The van der Waals surface area contributed by atoms with Gasteiger partial charge in [-0.2, -0.15) is 0 Å². The average molecular weight is 288 g/mol. The third-order valence-electron chi connectivity index (χ3n) is 3.19. The molecule has 1 unspecified atom stereocenters. The molecule has 0 saturated heterocycles. The van der Waals surface area contributed by atoms with Crippen molar-refractivity contribution in [2.24, 2.45) is 5.73 Å². The molecule has 1 aromatic carbocycles. The lowest BCUT2D eigenvalue weighted by molar-refractivity contribution is 0.538. The molecule has 18 heavy (non-hydrogen) atoms. The molecule has 0 aliphatic rings. The van der Waals surface area contributed by atoms with Gasteiger partial charge in [-0.25, -0.2) is 0 Å². The summed E-state index contributed by atoms with van der Waals surface area (Å²) in [5.41, 5.74) is 7.20. The highest BCUT2D eigenvalue weighted by Crippen LogP contribution is 2.26. The molecule has 0 radical (unpaired) electrons. The molecule has 0 aliphatic carbocycles. The Balaban J connectivity index is 2.31. The number of unbranched alkanes of at least 4 members (excludes halogenated alkanes) is 4. The molecule has 1 aromatic rings. The van der Waals surface area contributed by atoms with Gasteiger partial charge in [-0.3, -0.25) is 0 Å². The Morgan fingerprint density at radius 1 is 1.11 bits per heavy atom. The quantitative estimate of drug-likeness (QED) is 0.652. The molecule has 102 valence electrons. The summed E-state index contributed by atoms with van der Waals surface area (Å²) in [6, 6.07) is 5.93. The zero-order valence-corrected chi connectivity index (χ0v) is 12.6. The predicted molar refractivity (Wildman–Crippen MR) is 81.5 cm³/mol. The fraction of sp³-hybridized carbons (Fsp3) is 0.600. The fourth-order valence-electron chi connectivity index (χ4n) is 2.10. The van der Waals surface area contributed by atoms with Crippen molar-refractivity contribution >= 4 is 23.2 Å². The lowest BCUT2D eigenvalue weighted by atomic mass is 10.0. The standard InChI is InChI=1S/C15H23Cl2N/c1-2-3-4-5-6-9-13(18)11-12-8-7-10-14(16)15(12)17/h7-8,10,13H,2-6,9,11,18H2,1H3. The second kappa shape index (κ2) is 8.79. The van der Waals surface area contributed by atoms with Gasteiger partial charge in [0.2, 0.25) is 0 Å². The lowest BCUT2D eigenvalue weighted by Crippen LogP contribution is -2.22. The second-order valence-corrected chi connectivity index (χ2v) is 5.67. The van der Waals surface area contributed by atoms with E-state index in [-0.39, 0.29) is 6.04 Å². The van der Waals surface area contributed by atoms with Gasteiger partial charge in [-0.15, -0.1) is 0 Å². The number of nitrogens with two attached hydrogens (primary N) is 1. The van der Waals surface area contributed by atoms with Crippen molar-refractivity contribution in [2.75, 3.05) is 0 Å². The first kappa shape index (κ1) is 15.8. The van der Waals surface area contributed by atoms with Crippen molar-refractivity contribution in [2.45, 2.75) is 57.9 Å². The summed E-state index contributed by atoms with van der Waals surface area (Å²) in [4.78, 5) is 0. The van der Waals surface area contributed by atoms with Crippen LogP contribution in [0.25, 0.3) is 0 Å². The highest BCUT2D eigenvalue weighted by atomic mass is 35.5. The van der Waals surface area contributed by atoms with E-state index in [2.05, 4.69) is 6.92 Å². The first-order chi connectivity index (χ1) is 8.65. The van der Waals surface area contributed by atoms with Crippen LogP contribution in [0, 0.1) is 0 Å². The largest absolute Gasteiger partial charge is 0.327 e. The number of rotatable bonds is 8. The topological polar surface area (TPSA) is 26.0 Å². The van der Waals surface area contributed by atoms with E-state index >= 15 is 0 Å². The fourth-order valence-corrected chi connectivity index (χ4v) is 2.50. The van der Waals surface area contributed by atoms with E-state index in [0.29, 0.717) is 10.0 Å². The third kappa shape index (κ3) is 5.60. The van der Waals surface area contributed by atoms with Crippen molar-refractivity contribution in [3.63, 3.8) is 0 Å². The lowest BCUT2D eigenvalue weighted by Gasteiger charge is -2.13. The van der Waals surface area contributed by atoms with Gasteiger partial charge >= 0.3 is 0 Å². The number of hydrogen-bond donors (Lipinski definition) is 1. The Labute approximate surface area is 121 Å². The van der Waals surface area contributed by atoms with Crippen molar-refractivity contribution in [1.82, 2.24) is 0 Å². The summed E-state index contributed by atoms with van der Waals surface area (Å²) in [7, 11) is 0. The van der Waals surface area contributed by atoms with E-state index in [1.807, 2.05) is 18.2 Å². The Morgan fingerprint density at radius 3 is 2.56 bits per heavy atom. The van der Waals surface area contributed by atoms with Crippen molar-refractivity contribution < 1.29 is 0 Å². The molecular weight excluding hydrogens is 265 g/mol. The van der Waals surface area contributed by atoms with Gasteiger partial charge in [0.15, 0.2) is 0 Å². The molecular formula is C15H23Cl2N. The van der Waals surface area contributed by atoms with Gasteiger partial charge in [0.1, 0.15) is 0 Å². The highest BCUT2D eigenvalue weighted by Gasteiger charge is 2.09. The normalized spacial score (nSPS) is 12.7. The Bertz CT molecular complexity index is 352. The molecule has 0 aromatic heterocycles. The summed E-state index contributed by atoms with van der Waals surface area (Å²) in [6.45, 7) is 2.23. The predicted octanol–water partition coefficient (Wildman–Crippen LogP) is 5.22. The Hall–Kier alpha value is -0.240. The summed E-state index contributed by atoms with van der Waals surface area (Å²) < 4.78 is 0. The van der Waals surface area contributed by atoms with Gasteiger partial charge in [-0.1, -0.05) is 74.4 Å². The van der Waals surface area contributed by atoms with Crippen LogP contribution >= 0.6 is 23.2 Å². The van der Waals surface area contributed by atoms with Crippen molar-refractivity contribution in [1.29, 1.82) is 0 Å². The SMILES string of the molecule is CCCCCCCC(N)Cc1cccc(Cl)c1Cl. The van der Waals surface area contributed by atoms with E-state index in [4.69, 9.17) is 28.9 Å². The maximum absolute atomic E-state index is 6.15. The molecule has 1 rings (SSSR count). The van der Waals surface area contributed by atoms with Gasteiger partial charge in [0.25, 0.3) is 0 Å². The van der Waals surface area contributed by atoms with Crippen LogP contribution in [0.5, 0.6) is 0 Å². The highest BCUT2D eigenvalue weighted by molar-refractivity contribution is 6.42. The molecule has 0 fully saturated rings. The van der Waals surface area contributed by atoms with Crippen LogP contribution in [0.15, 0.2) is 18.2 Å². The molecule has 0 heterocycles. The monoisotopic (exact) mass is 287 g/mol. The molecule has 0 bridgehead atoms. The summed E-state index contributed by atoms with van der Waals surface area (Å²) in [6.07, 6.45) is 8.30. The number of benzene rings is 1. The van der Waals surface area contributed by atoms with Crippen LogP contribution in [-0.2, 0) is 6.42 Å². The maximum Gasteiger partial charge on any atom is 0.0624 e. The summed E-state index contributed by atoms with van der Waals surface area (Å²) in [5.74, 6) is 0. The average Bonchev–Trinajstić information content (AvgIpc) is 2.35. The Kier molecular flexibility index (Phi) is 7.73. The zero-order chi connectivity index (χ0) is 13.4. The minimum Gasteiger partial charge on any atom is -0.327 e. The minimum atomic E-state index is 0.183. The van der Waals surface area contributed by atoms with Gasteiger partial charge < -0.3 is 5.73 Å². The van der Waals surface area contributed by atoms with Crippen LogP contribution < -0.4 is 5.73 Å². The third-order valence-corrected chi connectivity index (χ3v) is 4.05. The first-order valence-corrected chi connectivity index (χ1v) is 7.59. The van der Waals surface area contributed by atoms with E-state index in [1.165, 1.54) is 32.1 Å². The van der Waals surface area contributed by atoms with E-state index in [9.17, 15) is 0 Å². The maximum atomic E-state index is 6.15. The van der Waals surface area contributed by atoms with Gasteiger partial charge in [-0.05, 0) is 24.5 Å². The van der Waals surface area contributed by atoms with Crippen LogP contribution in [0.2, 0.25) is 10.0 Å². The molecule has 0 amide bonds. The van der Waals surface area contributed by atoms with E-state index in [0.717, 1.165) is 18.4 Å². The smallest absolute Gasteiger partial charge is 0.0624 e. The van der Waals surface area contributed by atoms with Crippen molar-refractivity contribution in [3.05, 3.63) is 33.8 Å². The molecule has 0 spiro atoms. The Morgan fingerprint density at radius 2 is 1.83 bits per heavy atom. The molecule has 1 atom stereocenters. The first-order valence-electron chi connectivity index (χ1n) is 6.83. The van der Waals surface area contributed by atoms with Crippen molar-refractivity contribution in [3.8, 4) is 0 Å². The summed E-state index contributed by atoms with van der Waals surface area (Å²) in [5, 5.41) is 1.27. The molecule has 2 N–H and O–H groups in total. The number of halogens is 2. The number of hydrogen-bond acceptors (Lipinski definition) is 1. The molecule has 1 nitrogen and oxygen atoms in total. The van der Waals surface area contributed by atoms with Gasteiger partial charge in [0.05, 0.1) is 10.0 Å². The molecule has 3 heteroatoms. The zero-order valence-electron chi connectivity index (χ0n) is 11.1. The van der Waals surface area contributed by atoms with E-state index < -0.39 is 0 Å². The van der Waals surface area contributed by atoms with Crippen LogP contribution in [0.1, 0.15) is 51.0 Å². The van der Waals surface area contributed by atoms with Crippen LogP contribution in [0.4, 0.5) is 0 Å². The van der Waals surface area contributed by atoms with Gasteiger partial charge in [0, 0.05) is 6.04 Å². The molecule has 0 saturated carbocycles. The minimum absolute atomic E-state index is 0.183. The molecule has 0 aliphatic heterocycles. The van der Waals surface area contributed by atoms with Crippen LogP contribution in [-0.4, -0.2) is 6.04 Å². The van der Waals surface area contributed by atoms with Crippen LogP contribution in [0.3, 0.4) is 0 Å². The second-order valence-electron chi connectivity index (χ2n) is 4.88. The van der Waals surface area contributed by atoms with E-state index in [1.54, 1.807) is 0 Å². The summed E-state index contributed by atoms with van der Waals surface area (Å²) >= 11 is 12.1.